The van der Waals surface area contributed by atoms with Crippen LogP contribution in [-0.2, 0) is 17.7 Å². The molecular weight excluding hydrogens is 388 g/mol. The molecule has 162 valence electrons. The molecule has 7 heteroatoms. The van der Waals surface area contributed by atoms with Gasteiger partial charge < -0.3 is 19.9 Å². The highest BCUT2D eigenvalue weighted by molar-refractivity contribution is 5.80. The van der Waals surface area contributed by atoms with Gasteiger partial charge in [0.05, 0.1) is 29.8 Å². The number of likely N-dealkylation sites (tertiary alicyclic amines) is 1. The Hall–Kier alpha value is -2.90. The Balaban J connectivity index is 1.18. The number of aromatic amines is 1. The normalized spacial score (nSPS) is 22.1. The molecule has 2 aromatic carbocycles. The summed E-state index contributed by atoms with van der Waals surface area (Å²) in [5.74, 6) is 1.94. The maximum Gasteiger partial charge on any atom is 0.193 e. The van der Waals surface area contributed by atoms with E-state index in [-0.39, 0.29) is 6.10 Å². The number of fused-ring (bicyclic) bond motifs is 2. The summed E-state index contributed by atoms with van der Waals surface area (Å²) in [4.78, 5) is 17.5. The van der Waals surface area contributed by atoms with E-state index in [2.05, 4.69) is 66.5 Å². The first-order chi connectivity index (χ1) is 15.3. The van der Waals surface area contributed by atoms with E-state index >= 15 is 0 Å². The molecule has 7 nitrogen and oxygen atoms in total. The van der Waals surface area contributed by atoms with E-state index in [4.69, 9.17) is 4.74 Å². The van der Waals surface area contributed by atoms with E-state index in [1.807, 2.05) is 25.2 Å². The van der Waals surface area contributed by atoms with Crippen molar-refractivity contribution in [2.75, 3.05) is 39.8 Å². The van der Waals surface area contributed by atoms with Gasteiger partial charge in [0.25, 0.3) is 0 Å². The molecule has 0 aliphatic carbocycles. The first-order valence-electron chi connectivity index (χ1n) is 11.1. The quantitative estimate of drug-likeness (QED) is 0.491. The predicted molar refractivity (Wildman–Crippen MR) is 123 cm³/mol. The van der Waals surface area contributed by atoms with Gasteiger partial charge in [0, 0.05) is 46.2 Å². The number of rotatable bonds is 5. The van der Waals surface area contributed by atoms with Crippen LogP contribution in [0.15, 0.2) is 59.6 Å². The largest absolute Gasteiger partial charge is 0.373 e. The Bertz CT molecular complexity index is 1000. The molecule has 2 unspecified atom stereocenters. The fourth-order valence-corrected chi connectivity index (χ4v) is 4.69. The Morgan fingerprint density at radius 3 is 2.84 bits per heavy atom. The smallest absolute Gasteiger partial charge is 0.193 e. The minimum Gasteiger partial charge on any atom is -0.373 e. The molecule has 3 aromatic rings. The highest BCUT2D eigenvalue weighted by Gasteiger charge is 2.41. The van der Waals surface area contributed by atoms with Crippen LogP contribution in [0.5, 0.6) is 0 Å². The molecule has 2 fully saturated rings. The van der Waals surface area contributed by atoms with E-state index < -0.39 is 0 Å². The van der Waals surface area contributed by atoms with Gasteiger partial charge in [-0.2, -0.15) is 0 Å². The minimum absolute atomic E-state index is 0.228. The van der Waals surface area contributed by atoms with Crippen LogP contribution in [-0.4, -0.2) is 77.7 Å². The molecule has 3 heterocycles. The lowest BCUT2D eigenvalue weighted by atomic mass is 10.1. The molecule has 5 rings (SSSR count). The van der Waals surface area contributed by atoms with Gasteiger partial charge in [-0.15, -0.1) is 0 Å². The first kappa shape index (κ1) is 20.0. The van der Waals surface area contributed by atoms with Crippen LogP contribution >= 0.6 is 0 Å². The second kappa shape index (κ2) is 9.08. The highest BCUT2D eigenvalue weighted by Crippen LogP contribution is 2.24. The average Bonchev–Trinajstić information content (AvgIpc) is 3.42. The average molecular weight is 419 g/mol. The van der Waals surface area contributed by atoms with Crippen molar-refractivity contribution in [3.63, 3.8) is 0 Å². The molecule has 2 atom stereocenters. The number of nitrogens with one attached hydrogen (secondary N) is 2. The molecule has 2 aliphatic rings. The number of guanidine groups is 1. The molecule has 0 bridgehead atoms. The summed E-state index contributed by atoms with van der Waals surface area (Å²) in [7, 11) is 1.86. The molecule has 31 heavy (non-hydrogen) atoms. The van der Waals surface area contributed by atoms with Gasteiger partial charge in [-0.05, 0) is 17.7 Å². The molecule has 0 spiro atoms. The highest BCUT2D eigenvalue weighted by atomic mass is 16.5. The summed E-state index contributed by atoms with van der Waals surface area (Å²) in [5.41, 5.74) is 3.46. The SMILES string of the molecule is CN=C(NCCc1nc2ccccc2[nH]1)N1CC2OCCN(Cc3ccccc3)C2C1. The predicted octanol–water partition coefficient (Wildman–Crippen LogP) is 2.27. The monoisotopic (exact) mass is 418 g/mol. The van der Waals surface area contributed by atoms with Gasteiger partial charge in [-0.25, -0.2) is 4.98 Å². The Kier molecular flexibility index (Phi) is 5.86. The van der Waals surface area contributed by atoms with Crippen molar-refractivity contribution in [2.45, 2.75) is 25.1 Å². The van der Waals surface area contributed by atoms with E-state index in [0.29, 0.717) is 6.04 Å². The lowest BCUT2D eigenvalue weighted by Gasteiger charge is -2.36. The zero-order chi connectivity index (χ0) is 21.0. The van der Waals surface area contributed by atoms with E-state index in [1.165, 1.54) is 5.56 Å². The zero-order valence-corrected chi connectivity index (χ0v) is 18.0. The number of nitrogens with zero attached hydrogens (tertiary/aromatic N) is 4. The van der Waals surface area contributed by atoms with Gasteiger partial charge in [-0.1, -0.05) is 42.5 Å². The number of hydrogen-bond acceptors (Lipinski definition) is 4. The molecule has 0 radical (unpaired) electrons. The number of benzene rings is 2. The molecule has 2 aliphatic heterocycles. The van der Waals surface area contributed by atoms with Crippen molar-refractivity contribution in [3.8, 4) is 0 Å². The second-order valence-corrected chi connectivity index (χ2v) is 8.26. The number of aromatic nitrogens is 2. The maximum absolute atomic E-state index is 6.12. The third-order valence-electron chi connectivity index (χ3n) is 6.24. The summed E-state index contributed by atoms with van der Waals surface area (Å²) in [6, 6.07) is 19.2. The Labute approximate surface area is 183 Å². The van der Waals surface area contributed by atoms with Gasteiger partial charge >= 0.3 is 0 Å². The lowest BCUT2D eigenvalue weighted by Crippen LogP contribution is -2.50. The molecule has 2 N–H and O–H groups in total. The Morgan fingerprint density at radius 1 is 1.16 bits per heavy atom. The minimum atomic E-state index is 0.228. The summed E-state index contributed by atoms with van der Waals surface area (Å²) in [5, 5.41) is 3.52. The van der Waals surface area contributed by atoms with Crippen molar-refractivity contribution in [2.24, 2.45) is 4.99 Å². The van der Waals surface area contributed by atoms with Crippen molar-refractivity contribution in [1.29, 1.82) is 0 Å². The number of morpholine rings is 1. The summed E-state index contributed by atoms with van der Waals surface area (Å²) >= 11 is 0. The molecule has 0 saturated carbocycles. The number of aliphatic imine (C=N–C) groups is 1. The van der Waals surface area contributed by atoms with Crippen molar-refractivity contribution in [1.82, 2.24) is 25.1 Å². The van der Waals surface area contributed by atoms with Gasteiger partial charge in [0.15, 0.2) is 5.96 Å². The lowest BCUT2D eigenvalue weighted by molar-refractivity contribution is -0.0502. The van der Waals surface area contributed by atoms with E-state index in [0.717, 1.165) is 68.6 Å². The maximum atomic E-state index is 6.12. The van der Waals surface area contributed by atoms with Gasteiger partial charge in [0.2, 0.25) is 0 Å². The number of H-pyrrole nitrogens is 1. The van der Waals surface area contributed by atoms with Crippen molar-refractivity contribution in [3.05, 3.63) is 66.0 Å². The van der Waals surface area contributed by atoms with Crippen LogP contribution in [0.25, 0.3) is 11.0 Å². The number of ether oxygens (including phenoxy) is 1. The standard InChI is InChI=1S/C24H30N6O/c1-25-24(26-12-11-23-27-19-9-5-6-10-20(19)28-23)30-16-21-22(17-30)31-14-13-29(21)15-18-7-3-2-4-8-18/h2-10,21-22H,11-17H2,1H3,(H,25,26)(H,27,28). The van der Waals surface area contributed by atoms with Crippen LogP contribution in [0.2, 0.25) is 0 Å². The second-order valence-electron chi connectivity index (χ2n) is 8.26. The Morgan fingerprint density at radius 2 is 2.00 bits per heavy atom. The molecule has 2 saturated heterocycles. The third-order valence-corrected chi connectivity index (χ3v) is 6.24. The number of hydrogen-bond donors (Lipinski definition) is 2. The van der Waals surface area contributed by atoms with Gasteiger partial charge in [-0.3, -0.25) is 9.89 Å². The van der Waals surface area contributed by atoms with Crippen LogP contribution < -0.4 is 5.32 Å². The van der Waals surface area contributed by atoms with Gasteiger partial charge in [0.1, 0.15) is 5.82 Å². The van der Waals surface area contributed by atoms with Crippen LogP contribution in [0.3, 0.4) is 0 Å². The van der Waals surface area contributed by atoms with E-state index in [9.17, 15) is 0 Å². The van der Waals surface area contributed by atoms with Crippen LogP contribution in [0, 0.1) is 0 Å². The van der Waals surface area contributed by atoms with Crippen LogP contribution in [0.1, 0.15) is 11.4 Å². The van der Waals surface area contributed by atoms with Crippen LogP contribution in [0.4, 0.5) is 0 Å². The molecule has 0 amide bonds. The summed E-state index contributed by atoms with van der Waals surface area (Å²) in [6.07, 6.45) is 1.05. The van der Waals surface area contributed by atoms with E-state index in [1.54, 1.807) is 0 Å². The summed E-state index contributed by atoms with van der Waals surface area (Å²) in [6.45, 7) is 5.33. The first-order valence-corrected chi connectivity index (χ1v) is 11.1. The zero-order valence-electron chi connectivity index (χ0n) is 18.0. The fourth-order valence-electron chi connectivity index (χ4n) is 4.69. The topological polar surface area (TPSA) is 68.8 Å². The number of imidazole rings is 1. The van der Waals surface area contributed by atoms with Crippen molar-refractivity contribution >= 4 is 17.0 Å². The number of para-hydroxylation sites is 2. The summed E-state index contributed by atoms with van der Waals surface area (Å²) < 4.78 is 6.12. The third kappa shape index (κ3) is 4.43. The molecule has 1 aromatic heterocycles. The fraction of sp³-hybridized carbons (Fsp3) is 0.417. The van der Waals surface area contributed by atoms with Crippen molar-refractivity contribution < 1.29 is 4.74 Å². The molecular formula is C24H30N6O.